The van der Waals surface area contributed by atoms with Crippen LogP contribution in [0.25, 0.3) is 0 Å². The highest BCUT2D eigenvalue weighted by Crippen LogP contribution is 2.17. The van der Waals surface area contributed by atoms with Gasteiger partial charge in [0.1, 0.15) is 11.9 Å². The average molecular weight is 288 g/mol. The molecule has 0 bridgehead atoms. The molecule has 2 rings (SSSR count). The summed E-state index contributed by atoms with van der Waals surface area (Å²) in [5.74, 6) is 3.26. The summed E-state index contributed by atoms with van der Waals surface area (Å²) in [4.78, 5) is 18.2. The molecule has 2 heterocycles. The molecular formula is C15H20N4O2. The molecule has 0 spiro atoms. The summed E-state index contributed by atoms with van der Waals surface area (Å²) < 4.78 is 0. The molecule has 0 saturated carbocycles. The molecule has 6 heteroatoms. The van der Waals surface area contributed by atoms with E-state index in [-0.39, 0.29) is 6.61 Å². The minimum atomic E-state index is -0.666. The third-order valence-electron chi connectivity index (χ3n) is 3.38. The largest absolute Gasteiger partial charge is 0.393 e. The van der Waals surface area contributed by atoms with Gasteiger partial charge in [0, 0.05) is 25.8 Å². The zero-order valence-corrected chi connectivity index (χ0v) is 11.9. The van der Waals surface area contributed by atoms with Crippen molar-refractivity contribution in [2.24, 2.45) is 0 Å². The van der Waals surface area contributed by atoms with Crippen LogP contribution < -0.4 is 15.5 Å². The molecule has 1 fully saturated rings. The van der Waals surface area contributed by atoms with Crippen molar-refractivity contribution < 1.29 is 9.90 Å². The van der Waals surface area contributed by atoms with Crippen molar-refractivity contribution in [2.45, 2.75) is 25.4 Å². The number of carbonyl (C=O) groups is 1. The Hall–Kier alpha value is -2.26. The van der Waals surface area contributed by atoms with Crippen molar-refractivity contribution in [3.8, 4) is 12.3 Å². The Morgan fingerprint density at radius 2 is 2.24 bits per heavy atom. The molecule has 1 aromatic rings. The smallest absolute Gasteiger partial charge is 0.316 e. The number of rotatable bonds is 5. The van der Waals surface area contributed by atoms with E-state index >= 15 is 0 Å². The highest BCUT2D eigenvalue weighted by molar-refractivity contribution is 5.74. The number of aliphatic hydroxyl groups is 1. The van der Waals surface area contributed by atoms with E-state index in [1.54, 1.807) is 6.20 Å². The first-order chi connectivity index (χ1) is 10.2. The Bertz CT molecular complexity index is 503. The number of nitrogens with zero attached hydrogens (tertiary/aromatic N) is 2. The molecule has 1 aliphatic rings. The lowest BCUT2D eigenvalue weighted by Crippen LogP contribution is -2.42. The summed E-state index contributed by atoms with van der Waals surface area (Å²) in [6.07, 6.45) is 9.34. The minimum Gasteiger partial charge on any atom is -0.393 e. The highest BCUT2D eigenvalue weighted by atomic mass is 16.3. The highest BCUT2D eigenvalue weighted by Gasteiger charge is 2.13. The summed E-state index contributed by atoms with van der Waals surface area (Å²) in [6, 6.07) is 2.85. The van der Waals surface area contributed by atoms with Crippen LogP contribution in [0.15, 0.2) is 18.3 Å². The lowest BCUT2D eigenvalue weighted by molar-refractivity contribution is 0.227. The summed E-state index contributed by atoms with van der Waals surface area (Å²) in [6.45, 7) is 2.20. The number of nitrogens with one attached hydrogen (secondary N) is 2. The second kappa shape index (κ2) is 7.50. The molecule has 0 aliphatic carbocycles. The lowest BCUT2D eigenvalue weighted by atomic mass is 10.2. The SMILES string of the molecule is C#CC(CO)NC(=O)NCc1ccc(N2CCCC2)nc1. The summed E-state index contributed by atoms with van der Waals surface area (Å²) in [5, 5.41) is 14.0. The molecule has 1 unspecified atom stereocenters. The number of terminal acetylenes is 1. The van der Waals surface area contributed by atoms with Crippen molar-refractivity contribution in [1.29, 1.82) is 0 Å². The molecule has 3 N–H and O–H groups in total. The second-order valence-electron chi connectivity index (χ2n) is 4.95. The average Bonchev–Trinajstić information content (AvgIpc) is 3.05. The number of carbonyl (C=O) groups excluding carboxylic acids is 1. The van der Waals surface area contributed by atoms with E-state index in [0.29, 0.717) is 6.54 Å². The van der Waals surface area contributed by atoms with Gasteiger partial charge in [0.05, 0.1) is 6.61 Å². The molecule has 0 aromatic carbocycles. The second-order valence-corrected chi connectivity index (χ2v) is 4.95. The van der Waals surface area contributed by atoms with Gasteiger partial charge in [-0.1, -0.05) is 12.0 Å². The summed E-state index contributed by atoms with van der Waals surface area (Å²) in [5.41, 5.74) is 0.911. The molecular weight excluding hydrogens is 268 g/mol. The van der Waals surface area contributed by atoms with Gasteiger partial charge in [-0.15, -0.1) is 6.42 Å². The van der Waals surface area contributed by atoms with Crippen LogP contribution >= 0.6 is 0 Å². The van der Waals surface area contributed by atoms with Crippen molar-refractivity contribution in [1.82, 2.24) is 15.6 Å². The fourth-order valence-electron chi connectivity index (χ4n) is 2.19. The number of anilines is 1. The molecule has 0 radical (unpaired) electrons. The van der Waals surface area contributed by atoms with Gasteiger partial charge in [0.2, 0.25) is 0 Å². The Kier molecular flexibility index (Phi) is 5.41. The van der Waals surface area contributed by atoms with Crippen molar-refractivity contribution in [3.05, 3.63) is 23.9 Å². The van der Waals surface area contributed by atoms with E-state index in [4.69, 9.17) is 11.5 Å². The van der Waals surface area contributed by atoms with Crippen LogP contribution in [0, 0.1) is 12.3 Å². The molecule has 1 saturated heterocycles. The third-order valence-corrected chi connectivity index (χ3v) is 3.38. The van der Waals surface area contributed by atoms with Crippen molar-refractivity contribution >= 4 is 11.8 Å². The summed E-state index contributed by atoms with van der Waals surface area (Å²) >= 11 is 0. The molecule has 6 nitrogen and oxygen atoms in total. The fourth-order valence-corrected chi connectivity index (χ4v) is 2.19. The number of urea groups is 1. The van der Waals surface area contributed by atoms with Crippen LogP contribution in [0.1, 0.15) is 18.4 Å². The predicted octanol–water partition coefficient (Wildman–Crippen LogP) is 0.475. The molecule has 2 amide bonds. The number of aromatic nitrogens is 1. The van der Waals surface area contributed by atoms with Gasteiger partial charge in [-0.2, -0.15) is 0 Å². The van der Waals surface area contributed by atoms with Gasteiger partial charge in [-0.25, -0.2) is 9.78 Å². The first-order valence-electron chi connectivity index (χ1n) is 7.04. The zero-order chi connectivity index (χ0) is 15.1. The topological polar surface area (TPSA) is 77.5 Å². The monoisotopic (exact) mass is 288 g/mol. The number of amides is 2. The number of aliphatic hydroxyl groups excluding tert-OH is 1. The number of hydrogen-bond acceptors (Lipinski definition) is 4. The van der Waals surface area contributed by atoms with Crippen LogP contribution in [0.4, 0.5) is 10.6 Å². The molecule has 1 aliphatic heterocycles. The lowest BCUT2D eigenvalue weighted by Gasteiger charge is -2.16. The van der Waals surface area contributed by atoms with E-state index in [2.05, 4.69) is 26.4 Å². The van der Waals surface area contributed by atoms with Crippen LogP contribution in [0.2, 0.25) is 0 Å². The van der Waals surface area contributed by atoms with Crippen molar-refractivity contribution in [3.63, 3.8) is 0 Å². The Labute approximate surface area is 124 Å². The summed E-state index contributed by atoms with van der Waals surface area (Å²) in [7, 11) is 0. The maximum Gasteiger partial charge on any atom is 0.316 e. The molecule has 1 aromatic heterocycles. The Balaban J connectivity index is 1.80. The zero-order valence-electron chi connectivity index (χ0n) is 11.9. The van der Waals surface area contributed by atoms with E-state index in [1.165, 1.54) is 12.8 Å². The predicted molar refractivity (Wildman–Crippen MR) is 80.8 cm³/mol. The van der Waals surface area contributed by atoms with Crippen LogP contribution in [0.3, 0.4) is 0 Å². The number of pyridine rings is 1. The van der Waals surface area contributed by atoms with E-state index in [1.807, 2.05) is 12.1 Å². The Morgan fingerprint density at radius 3 is 2.81 bits per heavy atom. The van der Waals surface area contributed by atoms with Gasteiger partial charge < -0.3 is 20.6 Å². The first-order valence-corrected chi connectivity index (χ1v) is 7.04. The van der Waals surface area contributed by atoms with Crippen molar-refractivity contribution in [2.75, 3.05) is 24.6 Å². The normalized spacial score (nSPS) is 15.3. The van der Waals surface area contributed by atoms with Crippen LogP contribution in [-0.2, 0) is 6.54 Å². The number of hydrogen-bond donors (Lipinski definition) is 3. The minimum absolute atomic E-state index is 0.282. The quantitative estimate of drug-likeness (QED) is 0.689. The van der Waals surface area contributed by atoms with E-state index < -0.39 is 12.1 Å². The fraction of sp³-hybridized carbons (Fsp3) is 0.467. The van der Waals surface area contributed by atoms with Crippen LogP contribution in [0.5, 0.6) is 0 Å². The molecule has 21 heavy (non-hydrogen) atoms. The third kappa shape index (κ3) is 4.36. The Morgan fingerprint density at radius 1 is 1.48 bits per heavy atom. The molecule has 112 valence electrons. The van der Waals surface area contributed by atoms with Gasteiger partial charge in [-0.05, 0) is 24.5 Å². The van der Waals surface area contributed by atoms with E-state index in [0.717, 1.165) is 24.5 Å². The van der Waals surface area contributed by atoms with Gasteiger partial charge >= 0.3 is 6.03 Å². The first kappa shape index (κ1) is 15.1. The van der Waals surface area contributed by atoms with Crippen LogP contribution in [-0.4, -0.2) is 41.9 Å². The van der Waals surface area contributed by atoms with Gasteiger partial charge in [-0.3, -0.25) is 0 Å². The standard InChI is InChI=1S/C15H20N4O2/c1-2-13(11-20)18-15(21)17-10-12-5-6-14(16-9-12)19-7-3-4-8-19/h1,5-6,9,13,20H,3-4,7-8,10-11H2,(H2,17,18,21). The molecule has 1 atom stereocenters. The maximum absolute atomic E-state index is 11.6. The van der Waals surface area contributed by atoms with Gasteiger partial charge in [0.25, 0.3) is 0 Å². The maximum atomic E-state index is 11.6. The van der Waals surface area contributed by atoms with E-state index in [9.17, 15) is 4.79 Å². The van der Waals surface area contributed by atoms with Gasteiger partial charge in [0.15, 0.2) is 0 Å².